The summed E-state index contributed by atoms with van der Waals surface area (Å²) >= 11 is 0. The van der Waals surface area contributed by atoms with Crippen molar-refractivity contribution in [3.8, 4) is 11.3 Å². The van der Waals surface area contributed by atoms with Gasteiger partial charge in [0.15, 0.2) is 14.9 Å². The van der Waals surface area contributed by atoms with Gasteiger partial charge in [0, 0.05) is 25.1 Å². The monoisotopic (exact) mass is 333 g/mol. The fraction of sp³-hybridized carbons (Fsp3) is 0.400. The Morgan fingerprint density at radius 2 is 1.91 bits per heavy atom. The maximum absolute atomic E-state index is 12.1. The molecule has 3 heterocycles. The fourth-order valence-electron chi connectivity index (χ4n) is 2.37. The second kappa shape index (κ2) is 4.89. The normalized spacial score (nSPS) is 12.9. The van der Waals surface area contributed by atoms with Gasteiger partial charge in [-0.25, -0.2) is 18.4 Å². The number of rotatable bonds is 2. The standard InChI is InChI=1S/C15H19N5O2S/c1-15(2,3)20-8-10(7-17-20)11-6-12-13(19(4)9-16-12)14(18-11)23(5,21)22/h6-9H,1-5H3. The van der Waals surface area contributed by atoms with Crippen LogP contribution in [-0.2, 0) is 22.4 Å². The van der Waals surface area contributed by atoms with Gasteiger partial charge in [0.25, 0.3) is 0 Å². The maximum Gasteiger partial charge on any atom is 0.194 e. The van der Waals surface area contributed by atoms with E-state index in [9.17, 15) is 8.42 Å². The maximum atomic E-state index is 12.1. The third-order valence-electron chi connectivity index (χ3n) is 3.58. The van der Waals surface area contributed by atoms with Crippen molar-refractivity contribution in [1.29, 1.82) is 0 Å². The minimum Gasteiger partial charge on any atom is -0.331 e. The van der Waals surface area contributed by atoms with Crippen LogP contribution in [0.15, 0.2) is 29.8 Å². The minimum atomic E-state index is -3.47. The Bertz CT molecular complexity index is 993. The molecular formula is C15H19N5O2S. The first-order valence-electron chi connectivity index (χ1n) is 7.15. The molecule has 0 N–H and O–H groups in total. The van der Waals surface area contributed by atoms with Gasteiger partial charge in [-0.15, -0.1) is 0 Å². The van der Waals surface area contributed by atoms with E-state index < -0.39 is 9.84 Å². The molecule has 0 radical (unpaired) electrons. The van der Waals surface area contributed by atoms with Gasteiger partial charge in [-0.05, 0) is 26.8 Å². The molecule has 0 saturated heterocycles. The number of aromatic nitrogens is 5. The van der Waals surface area contributed by atoms with Crippen LogP contribution in [0.5, 0.6) is 0 Å². The summed E-state index contributed by atoms with van der Waals surface area (Å²) in [6, 6.07) is 1.79. The van der Waals surface area contributed by atoms with Crippen molar-refractivity contribution in [1.82, 2.24) is 24.3 Å². The Labute approximate surface area is 134 Å². The first-order chi connectivity index (χ1) is 10.6. The summed E-state index contributed by atoms with van der Waals surface area (Å²) in [7, 11) is -1.72. The molecule has 0 spiro atoms. The molecule has 0 aromatic carbocycles. The highest BCUT2D eigenvalue weighted by atomic mass is 32.2. The van der Waals surface area contributed by atoms with E-state index in [4.69, 9.17) is 0 Å². The summed E-state index contributed by atoms with van der Waals surface area (Å²) in [5.74, 6) is 0. The molecule has 0 aliphatic rings. The molecule has 0 saturated carbocycles. The van der Waals surface area contributed by atoms with Crippen LogP contribution in [0.1, 0.15) is 20.8 Å². The van der Waals surface area contributed by atoms with Crippen LogP contribution in [0, 0.1) is 0 Å². The summed E-state index contributed by atoms with van der Waals surface area (Å²) in [5, 5.41) is 4.38. The zero-order valence-corrected chi connectivity index (χ0v) is 14.6. The van der Waals surface area contributed by atoms with Gasteiger partial charge < -0.3 is 4.57 Å². The molecule has 122 valence electrons. The lowest BCUT2D eigenvalue weighted by Gasteiger charge is -2.18. The molecule has 23 heavy (non-hydrogen) atoms. The van der Waals surface area contributed by atoms with E-state index in [0.717, 1.165) is 11.8 Å². The van der Waals surface area contributed by atoms with Gasteiger partial charge in [0.05, 0.1) is 29.3 Å². The third-order valence-corrected chi connectivity index (χ3v) is 4.57. The van der Waals surface area contributed by atoms with E-state index in [1.165, 1.54) is 0 Å². The number of fused-ring (bicyclic) bond motifs is 1. The van der Waals surface area contributed by atoms with Gasteiger partial charge in [0.2, 0.25) is 0 Å². The number of sulfone groups is 1. The second-order valence-corrected chi connectivity index (χ2v) is 8.58. The van der Waals surface area contributed by atoms with Crippen LogP contribution in [0.2, 0.25) is 0 Å². The van der Waals surface area contributed by atoms with Gasteiger partial charge in [0.1, 0.15) is 5.52 Å². The smallest absolute Gasteiger partial charge is 0.194 e. The molecule has 0 fully saturated rings. The zero-order chi connectivity index (χ0) is 17.0. The third kappa shape index (κ3) is 2.74. The molecule has 8 heteroatoms. The number of imidazole rings is 1. The largest absolute Gasteiger partial charge is 0.331 e. The first kappa shape index (κ1) is 15.7. The summed E-state index contributed by atoms with van der Waals surface area (Å²) in [4.78, 5) is 8.63. The number of hydrogen-bond donors (Lipinski definition) is 0. The molecule has 0 amide bonds. The van der Waals surface area contributed by atoms with Crippen molar-refractivity contribution >= 4 is 20.9 Å². The van der Waals surface area contributed by atoms with E-state index in [1.807, 2.05) is 31.6 Å². The topological polar surface area (TPSA) is 82.7 Å². The van der Waals surface area contributed by atoms with Crippen LogP contribution < -0.4 is 0 Å². The quantitative estimate of drug-likeness (QED) is 0.716. The van der Waals surface area contributed by atoms with E-state index in [1.54, 1.807) is 30.2 Å². The molecule has 0 aliphatic carbocycles. The number of nitrogens with zero attached hydrogens (tertiary/aromatic N) is 5. The lowest BCUT2D eigenvalue weighted by Crippen LogP contribution is -2.21. The molecule has 0 atom stereocenters. The van der Waals surface area contributed by atoms with E-state index >= 15 is 0 Å². The number of aryl methyl sites for hydroxylation is 1. The molecule has 3 aromatic rings. The van der Waals surface area contributed by atoms with Gasteiger partial charge in [-0.3, -0.25) is 4.68 Å². The van der Waals surface area contributed by atoms with Crippen molar-refractivity contribution in [2.45, 2.75) is 31.3 Å². The molecule has 0 bridgehead atoms. The Kier molecular flexibility index (Phi) is 3.33. The summed E-state index contributed by atoms with van der Waals surface area (Å²) in [6.45, 7) is 6.13. The molecule has 3 aromatic heterocycles. The predicted octanol–water partition coefficient (Wildman–Crippen LogP) is 1.99. The lowest BCUT2D eigenvalue weighted by atomic mass is 10.1. The molecule has 0 unspecified atom stereocenters. The van der Waals surface area contributed by atoms with Gasteiger partial charge in [-0.2, -0.15) is 5.10 Å². The van der Waals surface area contributed by atoms with Crippen LogP contribution in [-0.4, -0.2) is 39.0 Å². The van der Waals surface area contributed by atoms with Crippen molar-refractivity contribution in [2.24, 2.45) is 7.05 Å². The molecule has 7 nitrogen and oxygen atoms in total. The molecule has 3 rings (SSSR count). The van der Waals surface area contributed by atoms with Crippen molar-refractivity contribution < 1.29 is 8.42 Å². The van der Waals surface area contributed by atoms with Crippen molar-refractivity contribution in [2.75, 3.05) is 6.26 Å². The SMILES string of the molecule is Cn1cnc2cc(-c3cnn(C(C)(C)C)c3)nc(S(C)(=O)=O)c21. The highest BCUT2D eigenvalue weighted by Gasteiger charge is 2.21. The number of hydrogen-bond acceptors (Lipinski definition) is 5. The van der Waals surface area contributed by atoms with Crippen molar-refractivity contribution in [3.63, 3.8) is 0 Å². The summed E-state index contributed by atoms with van der Waals surface area (Å²) < 4.78 is 27.7. The Hall–Kier alpha value is -2.22. The predicted molar refractivity (Wildman–Crippen MR) is 87.8 cm³/mol. The molecular weight excluding hydrogens is 314 g/mol. The average molecular weight is 333 g/mol. The highest BCUT2D eigenvalue weighted by Crippen LogP contribution is 2.27. The van der Waals surface area contributed by atoms with E-state index in [0.29, 0.717) is 16.7 Å². The average Bonchev–Trinajstić information content (AvgIpc) is 3.03. The van der Waals surface area contributed by atoms with Crippen LogP contribution in [0.4, 0.5) is 0 Å². The Balaban J connectivity index is 2.26. The van der Waals surface area contributed by atoms with Gasteiger partial charge in [-0.1, -0.05) is 0 Å². The lowest BCUT2D eigenvalue weighted by molar-refractivity contribution is 0.355. The first-order valence-corrected chi connectivity index (χ1v) is 9.04. The van der Waals surface area contributed by atoms with E-state index in [2.05, 4.69) is 15.1 Å². The van der Waals surface area contributed by atoms with Crippen LogP contribution >= 0.6 is 0 Å². The second-order valence-electron chi connectivity index (χ2n) is 6.65. The van der Waals surface area contributed by atoms with E-state index in [-0.39, 0.29) is 10.6 Å². The summed E-state index contributed by atoms with van der Waals surface area (Å²) in [5.41, 5.74) is 2.26. The zero-order valence-electron chi connectivity index (χ0n) is 13.8. The van der Waals surface area contributed by atoms with Gasteiger partial charge >= 0.3 is 0 Å². The Morgan fingerprint density at radius 1 is 1.22 bits per heavy atom. The van der Waals surface area contributed by atoms with Crippen LogP contribution in [0.3, 0.4) is 0 Å². The molecule has 0 aliphatic heterocycles. The van der Waals surface area contributed by atoms with Crippen molar-refractivity contribution in [3.05, 3.63) is 24.8 Å². The highest BCUT2D eigenvalue weighted by molar-refractivity contribution is 7.90. The number of pyridine rings is 1. The minimum absolute atomic E-state index is 0.0357. The fourth-order valence-corrected chi connectivity index (χ4v) is 3.23. The Morgan fingerprint density at radius 3 is 2.48 bits per heavy atom. The van der Waals surface area contributed by atoms with Crippen LogP contribution in [0.25, 0.3) is 22.3 Å². The summed E-state index contributed by atoms with van der Waals surface area (Å²) in [6.07, 6.45) is 6.30.